The first-order valence-electron chi connectivity index (χ1n) is 11.6. The minimum absolute atomic E-state index is 0.0216. The number of aromatic hydroxyl groups is 1. The highest BCUT2D eigenvalue weighted by atomic mass is 16.7. The predicted molar refractivity (Wildman–Crippen MR) is 121 cm³/mol. The van der Waals surface area contributed by atoms with Crippen LogP contribution in [0.15, 0.2) is 30.3 Å². The topological polar surface area (TPSA) is 147 Å². The van der Waals surface area contributed by atoms with Crippen LogP contribution in [0.3, 0.4) is 0 Å². The zero-order valence-electron chi connectivity index (χ0n) is 19.2. The van der Waals surface area contributed by atoms with E-state index in [4.69, 9.17) is 23.7 Å². The number of rotatable bonds is 6. The van der Waals surface area contributed by atoms with Crippen LogP contribution >= 0.6 is 0 Å². The second-order valence-corrected chi connectivity index (χ2v) is 9.21. The van der Waals surface area contributed by atoms with Gasteiger partial charge in [0.1, 0.15) is 18.3 Å². The summed E-state index contributed by atoms with van der Waals surface area (Å²) in [5, 5.41) is 50.8. The molecular formula is C25H30O10. The summed E-state index contributed by atoms with van der Waals surface area (Å²) in [5.41, 5.74) is 2.70. The van der Waals surface area contributed by atoms with Gasteiger partial charge in [-0.1, -0.05) is 6.07 Å². The number of benzene rings is 2. The minimum Gasteiger partial charge on any atom is -0.504 e. The summed E-state index contributed by atoms with van der Waals surface area (Å²) in [4.78, 5) is 0. The molecule has 5 N–H and O–H groups in total. The molecule has 1 fully saturated rings. The third kappa shape index (κ3) is 4.42. The van der Waals surface area contributed by atoms with Crippen LogP contribution in [-0.2, 0) is 15.9 Å². The zero-order chi connectivity index (χ0) is 24.7. The smallest absolute Gasteiger partial charge is 0.231 e. The molecule has 0 radical (unpaired) electrons. The van der Waals surface area contributed by atoms with Crippen molar-refractivity contribution in [3.8, 4) is 23.0 Å². The second kappa shape index (κ2) is 9.81. The number of aliphatic hydroxyl groups excluding tert-OH is 4. The maximum absolute atomic E-state index is 10.4. The van der Waals surface area contributed by atoms with Gasteiger partial charge >= 0.3 is 0 Å². The Balaban J connectivity index is 1.51. The molecule has 10 nitrogen and oxygen atoms in total. The maximum atomic E-state index is 10.4. The Hall–Kier alpha value is -2.60. The van der Waals surface area contributed by atoms with Crippen LogP contribution in [0.25, 0.3) is 0 Å². The van der Waals surface area contributed by atoms with E-state index in [9.17, 15) is 25.5 Å². The van der Waals surface area contributed by atoms with Crippen molar-refractivity contribution in [1.82, 2.24) is 0 Å². The predicted octanol–water partition coefficient (Wildman–Crippen LogP) is 0.498. The molecule has 2 aliphatic heterocycles. The minimum atomic E-state index is -1.41. The standard InChI is InChI=1S/C25H30O10/c1-31-20-7-15-13(5-17(20)27)4-14(8-26)16(9-32-25-24(30)23(29)18(28)10-33-25)22(15)12-2-3-19-21(6-12)35-11-34-19/h2-3,5-7,14,16,18,22-30H,4,8-11H2,1H3/t14?,16-,18-,22?,23+,24-,25-/m1/s1. The van der Waals surface area contributed by atoms with Gasteiger partial charge in [-0.25, -0.2) is 0 Å². The third-order valence-corrected chi connectivity index (χ3v) is 7.19. The van der Waals surface area contributed by atoms with Crippen molar-refractivity contribution in [3.05, 3.63) is 47.0 Å². The maximum Gasteiger partial charge on any atom is 0.231 e. The number of methoxy groups -OCH3 is 1. The van der Waals surface area contributed by atoms with Gasteiger partial charge in [0, 0.05) is 12.5 Å². The molecule has 10 heteroatoms. The lowest BCUT2D eigenvalue weighted by atomic mass is 9.67. The fourth-order valence-electron chi connectivity index (χ4n) is 5.29. The Morgan fingerprint density at radius 2 is 1.83 bits per heavy atom. The second-order valence-electron chi connectivity index (χ2n) is 9.21. The third-order valence-electron chi connectivity index (χ3n) is 7.19. The van der Waals surface area contributed by atoms with Gasteiger partial charge in [0.15, 0.2) is 29.3 Å². The van der Waals surface area contributed by atoms with Crippen LogP contribution < -0.4 is 14.2 Å². The molecule has 35 heavy (non-hydrogen) atoms. The van der Waals surface area contributed by atoms with Crippen LogP contribution in [-0.4, -0.2) is 83.9 Å². The van der Waals surface area contributed by atoms with E-state index < -0.39 is 24.6 Å². The van der Waals surface area contributed by atoms with Gasteiger partial charge in [-0.2, -0.15) is 0 Å². The van der Waals surface area contributed by atoms with Gasteiger partial charge in [-0.15, -0.1) is 0 Å². The van der Waals surface area contributed by atoms with Crippen molar-refractivity contribution < 1.29 is 49.2 Å². The van der Waals surface area contributed by atoms with Crippen molar-refractivity contribution in [2.45, 2.75) is 36.9 Å². The highest BCUT2D eigenvalue weighted by Crippen LogP contribution is 2.48. The van der Waals surface area contributed by atoms with Crippen molar-refractivity contribution in [2.24, 2.45) is 11.8 Å². The highest BCUT2D eigenvalue weighted by Gasteiger charge is 2.42. The molecule has 1 aliphatic carbocycles. The summed E-state index contributed by atoms with van der Waals surface area (Å²) in [5.74, 6) is 0.836. The molecule has 0 aromatic heterocycles. The molecule has 0 spiro atoms. The van der Waals surface area contributed by atoms with Crippen LogP contribution in [0, 0.1) is 11.8 Å². The number of hydrogen-bond donors (Lipinski definition) is 5. The number of hydrogen-bond acceptors (Lipinski definition) is 10. The van der Waals surface area contributed by atoms with Crippen LogP contribution in [0.1, 0.15) is 22.6 Å². The molecule has 5 rings (SSSR count). The zero-order valence-corrected chi connectivity index (χ0v) is 19.2. The Morgan fingerprint density at radius 1 is 1.03 bits per heavy atom. The summed E-state index contributed by atoms with van der Waals surface area (Å²) in [7, 11) is 1.48. The lowest BCUT2D eigenvalue weighted by molar-refractivity contribution is -0.274. The molecule has 0 amide bonds. The average Bonchev–Trinajstić information content (AvgIpc) is 3.33. The molecule has 2 aromatic rings. The normalized spacial score (nSPS) is 31.7. The summed E-state index contributed by atoms with van der Waals surface area (Å²) in [6.45, 7) is -0.0608. The van der Waals surface area contributed by atoms with E-state index in [1.807, 2.05) is 18.2 Å². The Morgan fingerprint density at radius 3 is 2.60 bits per heavy atom. The lowest BCUT2D eigenvalue weighted by Crippen LogP contribution is -2.54. The van der Waals surface area contributed by atoms with Gasteiger partial charge in [-0.05, 0) is 59.2 Å². The molecule has 0 bridgehead atoms. The fourth-order valence-corrected chi connectivity index (χ4v) is 5.29. The summed E-state index contributed by atoms with van der Waals surface area (Å²) >= 11 is 0. The van der Waals surface area contributed by atoms with Crippen molar-refractivity contribution in [2.75, 3.05) is 33.7 Å². The van der Waals surface area contributed by atoms with E-state index >= 15 is 0 Å². The molecular weight excluding hydrogens is 460 g/mol. The molecule has 2 aromatic carbocycles. The molecule has 7 atom stereocenters. The summed E-state index contributed by atoms with van der Waals surface area (Å²) < 4.78 is 27.8. The van der Waals surface area contributed by atoms with E-state index in [0.717, 1.165) is 16.7 Å². The molecule has 2 heterocycles. The van der Waals surface area contributed by atoms with Gasteiger partial charge in [0.05, 0.1) is 20.3 Å². The molecule has 1 saturated heterocycles. The first kappa shape index (κ1) is 24.1. The number of ether oxygens (including phenoxy) is 5. The quantitative estimate of drug-likeness (QED) is 0.388. The van der Waals surface area contributed by atoms with Gasteiger partial charge in [0.25, 0.3) is 0 Å². The van der Waals surface area contributed by atoms with Gasteiger partial charge in [0.2, 0.25) is 6.79 Å². The Kier molecular flexibility index (Phi) is 6.75. The molecule has 2 unspecified atom stereocenters. The first-order chi connectivity index (χ1) is 16.9. The molecule has 3 aliphatic rings. The largest absolute Gasteiger partial charge is 0.504 e. The molecule has 190 valence electrons. The summed E-state index contributed by atoms with van der Waals surface area (Å²) in [6.07, 6.45) is -4.62. The van der Waals surface area contributed by atoms with E-state index in [-0.39, 0.29) is 50.1 Å². The fraction of sp³-hybridized carbons (Fsp3) is 0.520. The van der Waals surface area contributed by atoms with Gasteiger partial charge < -0.3 is 49.2 Å². The first-order valence-corrected chi connectivity index (χ1v) is 11.6. The average molecular weight is 491 g/mol. The lowest BCUT2D eigenvalue weighted by Gasteiger charge is -2.41. The molecule has 0 saturated carbocycles. The monoisotopic (exact) mass is 490 g/mol. The van der Waals surface area contributed by atoms with E-state index in [0.29, 0.717) is 23.7 Å². The van der Waals surface area contributed by atoms with Crippen molar-refractivity contribution in [1.29, 1.82) is 0 Å². The van der Waals surface area contributed by atoms with Crippen molar-refractivity contribution >= 4 is 0 Å². The number of fused-ring (bicyclic) bond motifs is 2. The number of phenols is 1. The van der Waals surface area contributed by atoms with Crippen LogP contribution in [0.2, 0.25) is 0 Å². The Labute approximate surface area is 202 Å². The summed E-state index contributed by atoms with van der Waals surface area (Å²) in [6, 6.07) is 9.13. The van der Waals surface area contributed by atoms with E-state index in [1.165, 1.54) is 7.11 Å². The van der Waals surface area contributed by atoms with Gasteiger partial charge in [-0.3, -0.25) is 0 Å². The van der Waals surface area contributed by atoms with Crippen LogP contribution in [0.5, 0.6) is 23.0 Å². The van der Waals surface area contributed by atoms with E-state index in [1.54, 1.807) is 12.1 Å². The van der Waals surface area contributed by atoms with Crippen molar-refractivity contribution in [3.63, 3.8) is 0 Å². The highest BCUT2D eigenvalue weighted by molar-refractivity contribution is 5.54. The van der Waals surface area contributed by atoms with Crippen LogP contribution in [0.4, 0.5) is 0 Å². The number of phenolic OH excluding ortho intramolecular Hbond substituents is 1. The SMILES string of the molecule is COc1cc2c(cc1O)CC(CO)[C@@H](CO[C@@H]1OC[C@@H](O)[C@H](O)[C@H]1O)C2c1ccc2c(c1)OCO2. The van der Waals surface area contributed by atoms with E-state index in [2.05, 4.69) is 0 Å². The number of aliphatic hydroxyl groups is 4. The Bertz CT molecular complexity index is 1060.